The molecular formula is C10H8Cl2N2O3. The molecule has 90 valence electrons. The van der Waals surface area contributed by atoms with E-state index in [9.17, 15) is 14.9 Å². The number of nitro benzene ring substituents is 1. The Kier molecular flexibility index (Phi) is 2.97. The number of nitrogens with zero attached hydrogens (tertiary/aromatic N) is 1. The molecule has 7 heteroatoms. The Morgan fingerprint density at radius 1 is 1.41 bits per heavy atom. The molecule has 0 spiro atoms. The first-order valence-electron chi connectivity index (χ1n) is 4.87. The van der Waals surface area contributed by atoms with Gasteiger partial charge in [0.15, 0.2) is 4.33 Å². The second-order valence-corrected chi connectivity index (χ2v) is 5.24. The summed E-state index contributed by atoms with van der Waals surface area (Å²) in [4.78, 5) is 21.8. The second-order valence-electron chi connectivity index (χ2n) is 3.76. The topological polar surface area (TPSA) is 72.2 Å². The van der Waals surface area contributed by atoms with E-state index in [0.717, 1.165) is 0 Å². The van der Waals surface area contributed by atoms with E-state index in [0.29, 0.717) is 17.7 Å². The monoisotopic (exact) mass is 274 g/mol. The summed E-state index contributed by atoms with van der Waals surface area (Å²) in [6.45, 7) is 0. The van der Waals surface area contributed by atoms with Crippen LogP contribution in [0.3, 0.4) is 0 Å². The average Bonchev–Trinajstić information content (AvgIpc) is 2.37. The lowest BCUT2D eigenvalue weighted by Gasteiger charge is -2.14. The van der Waals surface area contributed by atoms with Crippen molar-refractivity contribution < 1.29 is 9.72 Å². The lowest BCUT2D eigenvalue weighted by Crippen LogP contribution is -2.30. The number of hydrogen-bond acceptors (Lipinski definition) is 3. The van der Waals surface area contributed by atoms with Crippen molar-refractivity contribution in [1.82, 2.24) is 0 Å². The summed E-state index contributed by atoms with van der Waals surface area (Å²) in [5.74, 6) is -0.506. The molecule has 1 N–H and O–H groups in total. The number of rotatable bonds is 1. The zero-order chi connectivity index (χ0) is 12.6. The molecule has 0 aliphatic carbocycles. The van der Waals surface area contributed by atoms with Gasteiger partial charge < -0.3 is 5.32 Å². The smallest absolute Gasteiger partial charge is 0.269 e. The Bertz CT molecular complexity index is 502. The van der Waals surface area contributed by atoms with Crippen LogP contribution in [0.25, 0.3) is 0 Å². The number of alkyl halides is 2. The molecule has 1 aromatic carbocycles. The Morgan fingerprint density at radius 2 is 2.12 bits per heavy atom. The highest BCUT2D eigenvalue weighted by molar-refractivity contribution is 6.59. The fraction of sp³-hybridized carbons (Fsp3) is 0.300. The van der Waals surface area contributed by atoms with Crippen LogP contribution in [-0.2, 0) is 11.2 Å². The summed E-state index contributed by atoms with van der Waals surface area (Å²) >= 11 is 11.7. The van der Waals surface area contributed by atoms with Crippen LogP contribution in [0.4, 0.5) is 11.4 Å². The Hall–Kier alpha value is -1.33. The third kappa shape index (κ3) is 2.35. The maximum absolute atomic E-state index is 11.6. The van der Waals surface area contributed by atoms with Gasteiger partial charge in [0.2, 0.25) is 0 Å². The maximum Gasteiger partial charge on any atom is 0.269 e. The zero-order valence-electron chi connectivity index (χ0n) is 8.57. The van der Waals surface area contributed by atoms with Crippen molar-refractivity contribution in [2.75, 3.05) is 5.32 Å². The average molecular weight is 275 g/mol. The summed E-state index contributed by atoms with van der Waals surface area (Å²) in [5, 5.41) is 13.2. The summed E-state index contributed by atoms with van der Waals surface area (Å²) < 4.78 is -1.49. The first kappa shape index (κ1) is 12.1. The van der Waals surface area contributed by atoms with Crippen LogP contribution in [-0.4, -0.2) is 15.2 Å². The van der Waals surface area contributed by atoms with E-state index in [1.54, 1.807) is 0 Å². The number of benzene rings is 1. The number of fused-ring (bicyclic) bond motifs is 1. The Balaban J connectivity index is 2.40. The molecular weight excluding hydrogens is 267 g/mol. The summed E-state index contributed by atoms with van der Waals surface area (Å²) in [7, 11) is 0. The van der Waals surface area contributed by atoms with Gasteiger partial charge >= 0.3 is 0 Å². The minimum Gasteiger partial charge on any atom is -0.323 e. The number of halogens is 2. The molecule has 2 rings (SSSR count). The minimum atomic E-state index is -1.49. The van der Waals surface area contributed by atoms with Gasteiger partial charge in [0, 0.05) is 17.8 Å². The third-order valence-corrected chi connectivity index (χ3v) is 3.31. The van der Waals surface area contributed by atoms with Gasteiger partial charge in [0.1, 0.15) is 0 Å². The fourth-order valence-corrected chi connectivity index (χ4v) is 1.92. The number of hydrogen-bond donors (Lipinski definition) is 1. The van der Waals surface area contributed by atoms with Gasteiger partial charge in [-0.25, -0.2) is 0 Å². The van der Waals surface area contributed by atoms with Crippen LogP contribution in [0.15, 0.2) is 18.2 Å². The molecule has 1 aliphatic rings. The van der Waals surface area contributed by atoms with Crippen LogP contribution < -0.4 is 5.32 Å². The molecule has 0 bridgehead atoms. The van der Waals surface area contributed by atoms with Crippen molar-refractivity contribution >= 4 is 40.5 Å². The number of aryl methyl sites for hydroxylation is 1. The molecule has 0 atom stereocenters. The number of amides is 1. The van der Waals surface area contributed by atoms with Crippen molar-refractivity contribution in [1.29, 1.82) is 0 Å². The largest absolute Gasteiger partial charge is 0.323 e. The molecule has 1 heterocycles. The van der Waals surface area contributed by atoms with E-state index >= 15 is 0 Å². The van der Waals surface area contributed by atoms with Crippen LogP contribution in [0.5, 0.6) is 0 Å². The number of anilines is 1. The van der Waals surface area contributed by atoms with Crippen LogP contribution in [0, 0.1) is 10.1 Å². The van der Waals surface area contributed by atoms with Gasteiger partial charge in [-0.2, -0.15) is 0 Å². The van der Waals surface area contributed by atoms with Gasteiger partial charge in [0.25, 0.3) is 11.6 Å². The molecule has 0 fully saturated rings. The van der Waals surface area contributed by atoms with Gasteiger partial charge in [0.05, 0.1) is 4.92 Å². The first-order chi connectivity index (χ1) is 7.90. The van der Waals surface area contributed by atoms with E-state index in [4.69, 9.17) is 23.2 Å². The van der Waals surface area contributed by atoms with E-state index in [2.05, 4.69) is 5.32 Å². The van der Waals surface area contributed by atoms with Crippen LogP contribution >= 0.6 is 23.2 Å². The predicted molar refractivity (Wildman–Crippen MR) is 64.5 cm³/mol. The lowest BCUT2D eigenvalue weighted by molar-refractivity contribution is -0.384. The molecule has 5 nitrogen and oxygen atoms in total. The van der Waals surface area contributed by atoms with Crippen molar-refractivity contribution in [3.63, 3.8) is 0 Å². The summed E-state index contributed by atoms with van der Waals surface area (Å²) in [6, 6.07) is 4.24. The molecule has 0 saturated heterocycles. The number of carbonyl (C=O) groups excluding carboxylic acids is 1. The molecule has 1 aliphatic heterocycles. The number of non-ortho nitro benzene ring substituents is 1. The summed E-state index contributed by atoms with van der Waals surface area (Å²) in [5.41, 5.74) is 1.16. The molecule has 0 aromatic heterocycles. The second kappa shape index (κ2) is 4.16. The number of nitrogens with one attached hydrogen (secondary N) is 1. The Morgan fingerprint density at radius 3 is 2.76 bits per heavy atom. The predicted octanol–water partition coefficient (Wildman–Crippen LogP) is 2.65. The Labute approximate surface area is 107 Å². The molecule has 17 heavy (non-hydrogen) atoms. The van der Waals surface area contributed by atoms with Gasteiger partial charge in [-0.15, -0.1) is 0 Å². The third-order valence-electron chi connectivity index (χ3n) is 2.59. The first-order valence-corrected chi connectivity index (χ1v) is 5.62. The lowest BCUT2D eigenvalue weighted by atomic mass is 10.1. The highest BCUT2D eigenvalue weighted by Crippen LogP contribution is 2.35. The van der Waals surface area contributed by atoms with E-state index < -0.39 is 15.2 Å². The quantitative estimate of drug-likeness (QED) is 0.486. The normalized spacial score (nSPS) is 17.9. The fourth-order valence-electron chi connectivity index (χ4n) is 1.64. The van der Waals surface area contributed by atoms with Crippen molar-refractivity contribution in [3.8, 4) is 0 Å². The molecule has 1 aromatic rings. The molecule has 0 unspecified atom stereocenters. The van der Waals surface area contributed by atoms with Crippen molar-refractivity contribution in [3.05, 3.63) is 33.9 Å². The summed E-state index contributed by atoms with van der Waals surface area (Å²) in [6.07, 6.45) is 0.624. The van der Waals surface area contributed by atoms with E-state index in [1.807, 2.05) is 0 Å². The van der Waals surface area contributed by atoms with Gasteiger partial charge in [-0.1, -0.05) is 23.2 Å². The van der Waals surface area contributed by atoms with Gasteiger partial charge in [-0.05, 0) is 24.5 Å². The van der Waals surface area contributed by atoms with Crippen molar-refractivity contribution in [2.45, 2.75) is 17.2 Å². The van der Waals surface area contributed by atoms with E-state index in [-0.39, 0.29) is 12.1 Å². The standard InChI is InChI=1S/C10H8Cl2N2O3/c11-10(12)4-3-6-5-7(14(16)17)1-2-8(6)13-9(10)15/h1-2,5H,3-4H2,(H,13,15). The molecule has 0 radical (unpaired) electrons. The highest BCUT2D eigenvalue weighted by atomic mass is 35.5. The zero-order valence-corrected chi connectivity index (χ0v) is 10.1. The van der Waals surface area contributed by atoms with Crippen LogP contribution in [0.1, 0.15) is 12.0 Å². The number of carbonyl (C=O) groups is 1. The minimum absolute atomic E-state index is 0.0188. The molecule has 1 amide bonds. The highest BCUT2D eigenvalue weighted by Gasteiger charge is 2.36. The maximum atomic E-state index is 11.6. The van der Waals surface area contributed by atoms with Crippen molar-refractivity contribution in [2.24, 2.45) is 0 Å². The van der Waals surface area contributed by atoms with E-state index in [1.165, 1.54) is 18.2 Å². The van der Waals surface area contributed by atoms with Gasteiger partial charge in [-0.3, -0.25) is 14.9 Å². The molecule has 0 saturated carbocycles. The van der Waals surface area contributed by atoms with Crippen LogP contribution in [0.2, 0.25) is 0 Å². The number of nitro groups is 1. The SMILES string of the molecule is O=C1Nc2ccc([N+](=O)[O-])cc2CCC1(Cl)Cl.